The first-order chi connectivity index (χ1) is 22.1. The van der Waals surface area contributed by atoms with Crippen LogP contribution in [-0.4, -0.2) is 43.0 Å². The molecule has 11 heteroatoms. The third-order valence-corrected chi connectivity index (χ3v) is 10.1. The van der Waals surface area contributed by atoms with Crippen molar-refractivity contribution in [3.8, 4) is 5.75 Å². The van der Waals surface area contributed by atoms with Crippen molar-refractivity contribution in [2.24, 2.45) is 5.92 Å². The fraction of sp³-hybridized carbons (Fsp3) is 0.286. The van der Waals surface area contributed by atoms with E-state index in [1.165, 1.54) is 33.6 Å². The van der Waals surface area contributed by atoms with Crippen molar-refractivity contribution in [3.63, 3.8) is 0 Å². The number of ether oxygens (including phenoxy) is 1. The Morgan fingerprint density at radius 2 is 1.83 bits per heavy atom. The van der Waals surface area contributed by atoms with Crippen LogP contribution in [0.4, 0.5) is 5.13 Å². The summed E-state index contributed by atoms with van der Waals surface area (Å²) in [4.78, 5) is 33.7. The Kier molecular flexibility index (Phi) is 8.97. The maximum Gasteiger partial charge on any atom is 0.301 e. The molecule has 46 heavy (non-hydrogen) atoms. The number of Topliss-reactive ketones (excluding diaryl/α,β-unsaturated/α-hetero) is 1. The normalized spacial score (nSPS) is 16.2. The van der Waals surface area contributed by atoms with Gasteiger partial charge in [0.15, 0.2) is 10.1 Å². The number of imidazole rings is 1. The molecule has 4 heterocycles. The number of nitrogens with zero attached hydrogens (tertiary/aromatic N) is 5. The molecule has 0 spiro atoms. The molecule has 0 bridgehead atoms. The molecule has 1 unspecified atom stereocenters. The smallest absolute Gasteiger partial charge is 0.301 e. The van der Waals surface area contributed by atoms with Crippen LogP contribution >= 0.6 is 23.1 Å². The van der Waals surface area contributed by atoms with Crippen LogP contribution in [-0.2, 0) is 15.3 Å². The topological polar surface area (TPSA) is 110 Å². The number of aliphatic hydroxyl groups excluding tert-OH is 1. The van der Waals surface area contributed by atoms with E-state index in [-0.39, 0.29) is 22.2 Å². The minimum Gasteiger partial charge on any atom is -0.505 e. The zero-order chi connectivity index (χ0) is 32.5. The number of hydrogen-bond acceptors (Lipinski definition) is 9. The molecule has 1 atom stereocenters. The minimum absolute atomic E-state index is 0.0578. The summed E-state index contributed by atoms with van der Waals surface area (Å²) < 4.78 is 8.56. The molecule has 0 saturated carbocycles. The standard InChI is InChI=1S/C35H35N5O4S2/c1-20(2)15-17-44-26-10-6-9-25(18-26)29-27(30(41)28-23(5)39-16-7-8-22(4)32(39)36-28)31(42)33(43)40(29)34-37-38-35(46-34)45-19-24-13-11-21(3)12-14-24/h6-14,16,18,20,29,41H,15,17,19H2,1-5H3. The van der Waals surface area contributed by atoms with Gasteiger partial charge < -0.3 is 14.2 Å². The third-order valence-electron chi connectivity index (χ3n) is 7.98. The first-order valence-corrected chi connectivity index (χ1v) is 16.9. The number of hydrogen-bond donors (Lipinski definition) is 1. The Hall–Kier alpha value is -4.48. The van der Waals surface area contributed by atoms with E-state index in [0.29, 0.717) is 45.3 Å². The number of aromatic nitrogens is 4. The maximum atomic E-state index is 13.8. The molecule has 2 aromatic carbocycles. The van der Waals surface area contributed by atoms with E-state index in [0.717, 1.165) is 17.5 Å². The van der Waals surface area contributed by atoms with E-state index in [9.17, 15) is 14.7 Å². The molecule has 1 saturated heterocycles. The van der Waals surface area contributed by atoms with Crippen LogP contribution < -0.4 is 9.64 Å². The van der Waals surface area contributed by atoms with Gasteiger partial charge in [0, 0.05) is 11.9 Å². The number of benzene rings is 2. The molecular formula is C35H35N5O4S2. The highest BCUT2D eigenvalue weighted by molar-refractivity contribution is 8.00. The SMILES string of the molecule is Cc1ccc(CSc2nnc(N3C(=O)C(=O)C(=C(O)c4nc5c(C)cccn5c4C)C3c3cccc(OCCC(C)C)c3)s2)cc1. The van der Waals surface area contributed by atoms with Crippen LogP contribution in [0, 0.1) is 26.7 Å². The molecule has 3 aromatic heterocycles. The number of carbonyl (C=O) groups is 2. The average Bonchev–Trinajstić information content (AvgIpc) is 3.71. The lowest BCUT2D eigenvalue weighted by Crippen LogP contribution is -2.29. The van der Waals surface area contributed by atoms with Gasteiger partial charge >= 0.3 is 5.91 Å². The fourth-order valence-corrected chi connectivity index (χ4v) is 7.22. The Bertz CT molecular complexity index is 1960. The summed E-state index contributed by atoms with van der Waals surface area (Å²) in [6.07, 6.45) is 2.73. The predicted molar refractivity (Wildman–Crippen MR) is 181 cm³/mol. The lowest BCUT2D eigenvalue weighted by molar-refractivity contribution is -0.132. The number of thioether (sulfide) groups is 1. The van der Waals surface area contributed by atoms with E-state index < -0.39 is 17.7 Å². The van der Waals surface area contributed by atoms with Gasteiger partial charge in [-0.1, -0.05) is 85.0 Å². The molecule has 0 aliphatic carbocycles. The van der Waals surface area contributed by atoms with Gasteiger partial charge in [0.1, 0.15) is 17.1 Å². The Morgan fingerprint density at radius 3 is 2.57 bits per heavy atom. The van der Waals surface area contributed by atoms with Crippen molar-refractivity contribution in [1.82, 2.24) is 19.6 Å². The van der Waals surface area contributed by atoms with Crippen molar-refractivity contribution in [1.29, 1.82) is 0 Å². The zero-order valence-electron chi connectivity index (χ0n) is 26.4. The average molecular weight is 654 g/mol. The summed E-state index contributed by atoms with van der Waals surface area (Å²) in [5.41, 5.74) is 5.34. The first-order valence-electron chi connectivity index (χ1n) is 15.1. The van der Waals surface area contributed by atoms with Gasteiger partial charge in [-0.15, -0.1) is 10.2 Å². The lowest BCUT2D eigenvalue weighted by Gasteiger charge is -2.23. The van der Waals surface area contributed by atoms with Crippen LogP contribution in [0.15, 0.2) is 76.8 Å². The predicted octanol–water partition coefficient (Wildman–Crippen LogP) is 7.45. The summed E-state index contributed by atoms with van der Waals surface area (Å²) in [6, 6.07) is 18.4. The van der Waals surface area contributed by atoms with Crippen molar-refractivity contribution in [2.75, 3.05) is 11.5 Å². The molecule has 6 rings (SSSR count). The van der Waals surface area contributed by atoms with Gasteiger partial charge in [-0.05, 0) is 68.0 Å². The second-order valence-electron chi connectivity index (χ2n) is 11.8. The Morgan fingerprint density at radius 1 is 1.04 bits per heavy atom. The van der Waals surface area contributed by atoms with Crippen LogP contribution in [0.5, 0.6) is 5.75 Å². The molecule has 9 nitrogen and oxygen atoms in total. The second kappa shape index (κ2) is 13.1. The zero-order valence-corrected chi connectivity index (χ0v) is 28.0. The van der Waals surface area contributed by atoms with Gasteiger partial charge in [0.05, 0.1) is 23.9 Å². The van der Waals surface area contributed by atoms with Gasteiger partial charge in [0.25, 0.3) is 5.78 Å². The molecule has 1 N–H and O–H groups in total. The molecule has 1 aliphatic rings. The summed E-state index contributed by atoms with van der Waals surface area (Å²) >= 11 is 2.74. The van der Waals surface area contributed by atoms with Gasteiger partial charge in [-0.25, -0.2) is 4.98 Å². The van der Waals surface area contributed by atoms with E-state index in [4.69, 9.17) is 9.72 Å². The summed E-state index contributed by atoms with van der Waals surface area (Å²) in [6.45, 7) is 10.6. The van der Waals surface area contributed by atoms with Crippen molar-refractivity contribution < 1.29 is 19.4 Å². The number of fused-ring (bicyclic) bond motifs is 1. The van der Waals surface area contributed by atoms with E-state index >= 15 is 0 Å². The number of rotatable bonds is 10. The maximum absolute atomic E-state index is 13.8. The van der Waals surface area contributed by atoms with Crippen molar-refractivity contribution in [3.05, 3.63) is 106 Å². The molecule has 1 aliphatic heterocycles. The van der Waals surface area contributed by atoms with E-state index in [1.54, 1.807) is 0 Å². The number of anilines is 1. The number of aryl methyl sites for hydroxylation is 3. The van der Waals surface area contributed by atoms with Gasteiger partial charge in [-0.2, -0.15) is 0 Å². The quantitative estimate of drug-likeness (QED) is 0.0544. The third kappa shape index (κ3) is 6.17. The first kappa shape index (κ1) is 31.5. The lowest BCUT2D eigenvalue weighted by atomic mass is 9.96. The summed E-state index contributed by atoms with van der Waals surface area (Å²) in [5, 5.41) is 20.8. The van der Waals surface area contributed by atoms with Crippen LogP contribution in [0.25, 0.3) is 11.4 Å². The largest absolute Gasteiger partial charge is 0.505 e. The number of ketones is 1. The van der Waals surface area contributed by atoms with Crippen LogP contribution in [0.2, 0.25) is 0 Å². The summed E-state index contributed by atoms with van der Waals surface area (Å²) in [5.74, 6) is -0.180. The van der Waals surface area contributed by atoms with Crippen LogP contribution in [0.1, 0.15) is 60.0 Å². The molecular weight excluding hydrogens is 619 g/mol. The number of carbonyl (C=O) groups excluding carboxylic acids is 2. The number of aliphatic hydroxyl groups is 1. The van der Waals surface area contributed by atoms with E-state index in [2.05, 4.69) is 48.3 Å². The number of pyridine rings is 1. The molecule has 236 valence electrons. The Balaban J connectivity index is 1.42. The fourth-order valence-electron chi connectivity index (χ4n) is 5.39. The van der Waals surface area contributed by atoms with Gasteiger partial charge in [0.2, 0.25) is 5.13 Å². The van der Waals surface area contributed by atoms with Crippen LogP contribution in [0.3, 0.4) is 0 Å². The highest BCUT2D eigenvalue weighted by Crippen LogP contribution is 2.45. The summed E-state index contributed by atoms with van der Waals surface area (Å²) in [7, 11) is 0. The molecule has 5 aromatic rings. The minimum atomic E-state index is -0.971. The highest BCUT2D eigenvalue weighted by atomic mass is 32.2. The highest BCUT2D eigenvalue weighted by Gasteiger charge is 2.49. The Labute approximate surface area is 276 Å². The molecule has 1 amide bonds. The van der Waals surface area contributed by atoms with Crippen molar-refractivity contribution >= 4 is 51.3 Å². The van der Waals surface area contributed by atoms with E-state index in [1.807, 2.05) is 67.8 Å². The molecule has 1 fully saturated rings. The monoisotopic (exact) mass is 653 g/mol. The van der Waals surface area contributed by atoms with Crippen molar-refractivity contribution in [2.45, 2.75) is 57.2 Å². The molecule has 0 radical (unpaired) electrons. The van der Waals surface area contributed by atoms with Gasteiger partial charge in [-0.3, -0.25) is 14.5 Å². The second-order valence-corrected chi connectivity index (χ2v) is 14.0. The number of amides is 1.